The van der Waals surface area contributed by atoms with Crippen molar-refractivity contribution in [2.24, 2.45) is 9.98 Å². The highest BCUT2D eigenvalue weighted by Gasteiger charge is 2.41. The van der Waals surface area contributed by atoms with Gasteiger partial charge in [-0.05, 0) is 36.4 Å². The molecule has 0 fully saturated rings. The van der Waals surface area contributed by atoms with Gasteiger partial charge in [0, 0.05) is 47.1 Å². The summed E-state index contributed by atoms with van der Waals surface area (Å²) in [6.07, 6.45) is 12.6. The summed E-state index contributed by atoms with van der Waals surface area (Å²) < 4.78 is 0. The number of hydrogen-bond donors (Lipinski definition) is 0. The minimum Gasteiger partial charge on any atom is -0.263 e. The lowest BCUT2D eigenvalue weighted by Crippen LogP contribution is -2.34. The summed E-state index contributed by atoms with van der Waals surface area (Å²) in [6, 6.07) is 0. The van der Waals surface area contributed by atoms with Gasteiger partial charge in [0.2, 0.25) is 0 Å². The Morgan fingerprint density at radius 2 is 1.19 bits per heavy atom. The van der Waals surface area contributed by atoms with Crippen LogP contribution in [-0.2, 0) is 0 Å². The maximum Gasteiger partial charge on any atom is 0.114 e. The normalized spacial score (nSPS) is 22.7. The van der Waals surface area contributed by atoms with E-state index < -0.39 is 8.07 Å². The van der Waals surface area contributed by atoms with Crippen molar-refractivity contribution in [1.29, 1.82) is 0 Å². The Labute approximate surface area is 126 Å². The zero-order valence-corrected chi connectivity index (χ0v) is 13.9. The molecule has 2 heterocycles. The second kappa shape index (κ2) is 4.01. The van der Waals surface area contributed by atoms with Gasteiger partial charge in [0.15, 0.2) is 0 Å². The number of nitrogens with zero attached hydrogens (tertiary/aromatic N) is 2. The van der Waals surface area contributed by atoms with Crippen LogP contribution in [0.3, 0.4) is 0 Å². The molecule has 4 rings (SSSR count). The summed E-state index contributed by atoms with van der Waals surface area (Å²) in [4.78, 5) is 8.69. The SMILES string of the molecule is CC1=CC2=CN=CC2=C1[Si](C)(C)C1=C2C=NC=C2C=C1C. The number of rotatable bonds is 2. The van der Waals surface area contributed by atoms with E-state index in [0.717, 1.165) is 0 Å². The third-order valence-electron chi connectivity index (χ3n) is 4.78. The Kier molecular flexibility index (Phi) is 2.43. The standard InChI is InChI=1S/C18H18N2Si/c1-11-5-13-7-19-9-15(13)17(11)21(3,4)18-12(2)6-14-8-20-10-16(14)18/h5-10H,1-4H3. The summed E-state index contributed by atoms with van der Waals surface area (Å²) in [6.45, 7) is 9.39. The maximum atomic E-state index is 4.34. The van der Waals surface area contributed by atoms with Crippen LogP contribution >= 0.6 is 0 Å². The Hall–Kier alpha value is -2.00. The molecule has 3 heteroatoms. The Bertz CT molecular complexity index is 753. The van der Waals surface area contributed by atoms with Gasteiger partial charge in [-0.3, -0.25) is 9.98 Å². The minimum absolute atomic E-state index is 1.28. The van der Waals surface area contributed by atoms with Crippen LogP contribution in [0, 0.1) is 0 Å². The number of allylic oxidation sites excluding steroid dienone is 10. The van der Waals surface area contributed by atoms with Gasteiger partial charge in [0.1, 0.15) is 8.07 Å². The second-order valence-corrected chi connectivity index (χ2v) is 10.8. The van der Waals surface area contributed by atoms with Crippen molar-refractivity contribution in [2.45, 2.75) is 26.9 Å². The first-order valence-corrected chi connectivity index (χ1v) is 10.3. The highest BCUT2D eigenvalue weighted by atomic mass is 28.3. The molecule has 4 aliphatic rings. The molecule has 0 spiro atoms. The first-order valence-electron chi connectivity index (χ1n) is 7.34. The van der Waals surface area contributed by atoms with Crippen LogP contribution in [0.2, 0.25) is 13.1 Å². The molecule has 0 atom stereocenters. The molecular weight excluding hydrogens is 272 g/mol. The smallest absolute Gasteiger partial charge is 0.114 e. The summed E-state index contributed by atoms with van der Waals surface area (Å²) in [7, 11) is -1.78. The zero-order valence-electron chi connectivity index (χ0n) is 12.9. The van der Waals surface area contributed by atoms with Gasteiger partial charge in [-0.15, -0.1) is 0 Å². The average Bonchev–Trinajstić information content (AvgIpc) is 3.07. The number of fused-ring (bicyclic) bond motifs is 2. The monoisotopic (exact) mass is 290 g/mol. The second-order valence-electron chi connectivity index (χ2n) is 6.58. The molecule has 0 saturated heterocycles. The fourth-order valence-corrected chi connectivity index (χ4v) is 8.27. The molecule has 0 amide bonds. The van der Waals surface area contributed by atoms with Crippen LogP contribution in [0.5, 0.6) is 0 Å². The molecule has 0 aromatic rings. The van der Waals surface area contributed by atoms with Crippen LogP contribution in [-0.4, -0.2) is 20.5 Å². The van der Waals surface area contributed by atoms with Gasteiger partial charge in [-0.25, -0.2) is 0 Å². The van der Waals surface area contributed by atoms with Crippen LogP contribution in [0.1, 0.15) is 13.8 Å². The van der Waals surface area contributed by atoms with Gasteiger partial charge in [0.25, 0.3) is 0 Å². The predicted octanol–water partition coefficient (Wildman–Crippen LogP) is 4.22. The van der Waals surface area contributed by atoms with Crippen molar-refractivity contribution in [3.05, 3.63) is 68.4 Å². The highest BCUT2D eigenvalue weighted by Crippen LogP contribution is 2.46. The predicted molar refractivity (Wildman–Crippen MR) is 92.2 cm³/mol. The van der Waals surface area contributed by atoms with Crippen molar-refractivity contribution >= 4 is 20.5 Å². The summed E-state index contributed by atoms with van der Waals surface area (Å²) in [5.74, 6) is 0. The lowest BCUT2D eigenvalue weighted by Gasteiger charge is -2.30. The summed E-state index contributed by atoms with van der Waals surface area (Å²) in [5.41, 5.74) is 8.07. The van der Waals surface area contributed by atoms with Gasteiger partial charge in [-0.1, -0.05) is 24.2 Å². The summed E-state index contributed by atoms with van der Waals surface area (Å²) >= 11 is 0. The molecule has 2 aliphatic heterocycles. The fourth-order valence-electron chi connectivity index (χ4n) is 4.14. The third kappa shape index (κ3) is 1.58. The molecule has 0 radical (unpaired) electrons. The van der Waals surface area contributed by atoms with Crippen LogP contribution in [0.4, 0.5) is 0 Å². The topological polar surface area (TPSA) is 24.7 Å². The fraction of sp³-hybridized carbons (Fsp3) is 0.222. The van der Waals surface area contributed by atoms with E-state index in [-0.39, 0.29) is 0 Å². The van der Waals surface area contributed by atoms with Crippen LogP contribution in [0.25, 0.3) is 0 Å². The molecule has 2 aliphatic carbocycles. The molecule has 104 valence electrons. The first kappa shape index (κ1) is 12.7. The van der Waals surface area contributed by atoms with E-state index in [1.807, 2.05) is 24.8 Å². The zero-order chi connectivity index (χ0) is 14.8. The van der Waals surface area contributed by atoms with Crippen molar-refractivity contribution < 1.29 is 0 Å². The van der Waals surface area contributed by atoms with Gasteiger partial charge in [0.05, 0.1) is 0 Å². The van der Waals surface area contributed by atoms with Crippen LogP contribution < -0.4 is 0 Å². The Morgan fingerprint density at radius 1 is 0.762 bits per heavy atom. The molecule has 21 heavy (non-hydrogen) atoms. The third-order valence-corrected chi connectivity index (χ3v) is 8.61. The molecule has 0 saturated carbocycles. The van der Waals surface area contributed by atoms with Gasteiger partial charge < -0.3 is 0 Å². The summed E-state index contributed by atoms with van der Waals surface area (Å²) in [5, 5.41) is 3.07. The van der Waals surface area contributed by atoms with E-state index in [2.05, 4.69) is 49.1 Å². The van der Waals surface area contributed by atoms with E-state index in [1.165, 1.54) is 43.8 Å². The molecule has 0 aromatic heterocycles. The number of hydrogen-bond acceptors (Lipinski definition) is 2. The highest BCUT2D eigenvalue weighted by molar-refractivity contribution is 6.93. The quantitative estimate of drug-likeness (QED) is 0.680. The van der Waals surface area contributed by atoms with E-state index in [9.17, 15) is 0 Å². The maximum absolute atomic E-state index is 4.34. The molecule has 2 nitrogen and oxygen atoms in total. The van der Waals surface area contributed by atoms with E-state index >= 15 is 0 Å². The Morgan fingerprint density at radius 3 is 1.62 bits per heavy atom. The molecule has 0 bridgehead atoms. The van der Waals surface area contributed by atoms with Gasteiger partial charge in [-0.2, -0.15) is 0 Å². The van der Waals surface area contributed by atoms with Crippen molar-refractivity contribution in [1.82, 2.24) is 0 Å². The van der Waals surface area contributed by atoms with Gasteiger partial charge >= 0.3 is 0 Å². The lowest BCUT2D eigenvalue weighted by molar-refractivity contribution is 1.42. The van der Waals surface area contributed by atoms with Crippen LogP contribution in [0.15, 0.2) is 78.4 Å². The molecular formula is C18H18N2Si. The minimum atomic E-state index is -1.78. The molecule has 0 N–H and O–H groups in total. The van der Waals surface area contributed by atoms with Crippen molar-refractivity contribution in [3.63, 3.8) is 0 Å². The molecule has 0 aromatic carbocycles. The van der Waals surface area contributed by atoms with Crippen molar-refractivity contribution in [2.75, 3.05) is 0 Å². The lowest BCUT2D eigenvalue weighted by atomic mass is 10.2. The van der Waals surface area contributed by atoms with E-state index in [4.69, 9.17) is 0 Å². The number of aliphatic imine (C=N–C) groups is 2. The largest absolute Gasteiger partial charge is 0.263 e. The van der Waals surface area contributed by atoms with E-state index in [0.29, 0.717) is 0 Å². The van der Waals surface area contributed by atoms with Crippen molar-refractivity contribution in [3.8, 4) is 0 Å². The van der Waals surface area contributed by atoms with E-state index in [1.54, 1.807) is 0 Å². The Balaban J connectivity index is 1.94. The molecule has 0 unspecified atom stereocenters. The first-order chi connectivity index (χ1) is 10.00. The average molecular weight is 290 g/mol.